The third-order valence-electron chi connectivity index (χ3n) is 3.30. The Morgan fingerprint density at radius 1 is 1.35 bits per heavy atom. The minimum atomic E-state index is -0.952. The largest absolute Gasteiger partial charge is 0.478 e. The Hall–Kier alpha value is -1.66. The standard InChI is InChI=1S/C14H21N3O3/c1-14(2,20)10-16-6-8-17(9-7-16)12-11(13(18)19)4-3-5-15-12/h3-5,20H,6-10H2,1-2H3,(H,18,19). The molecule has 20 heavy (non-hydrogen) atoms. The van der Waals surface area contributed by atoms with Gasteiger partial charge in [0.25, 0.3) is 0 Å². The molecule has 0 amide bonds. The number of aromatic nitrogens is 1. The lowest BCUT2D eigenvalue weighted by Gasteiger charge is -2.38. The third kappa shape index (κ3) is 3.68. The van der Waals surface area contributed by atoms with Crippen molar-refractivity contribution in [3.8, 4) is 0 Å². The molecule has 0 spiro atoms. The van der Waals surface area contributed by atoms with E-state index in [0.717, 1.165) is 13.1 Å². The number of pyridine rings is 1. The minimum absolute atomic E-state index is 0.239. The van der Waals surface area contributed by atoms with Gasteiger partial charge in [-0.2, -0.15) is 0 Å². The van der Waals surface area contributed by atoms with Crippen molar-refractivity contribution < 1.29 is 15.0 Å². The number of nitrogens with zero attached hydrogens (tertiary/aromatic N) is 3. The minimum Gasteiger partial charge on any atom is -0.478 e. The van der Waals surface area contributed by atoms with Gasteiger partial charge < -0.3 is 15.1 Å². The van der Waals surface area contributed by atoms with Crippen LogP contribution in [0.3, 0.4) is 0 Å². The Kier molecular flexibility index (Phi) is 4.25. The van der Waals surface area contributed by atoms with E-state index in [1.807, 2.05) is 4.90 Å². The van der Waals surface area contributed by atoms with Crippen LogP contribution in [0.5, 0.6) is 0 Å². The topological polar surface area (TPSA) is 76.9 Å². The van der Waals surface area contributed by atoms with Crippen molar-refractivity contribution in [3.05, 3.63) is 23.9 Å². The molecule has 0 radical (unpaired) electrons. The van der Waals surface area contributed by atoms with Gasteiger partial charge in [-0.05, 0) is 26.0 Å². The number of carbonyl (C=O) groups is 1. The van der Waals surface area contributed by atoms with Gasteiger partial charge in [0.15, 0.2) is 0 Å². The first-order chi connectivity index (χ1) is 9.37. The molecule has 1 fully saturated rings. The summed E-state index contributed by atoms with van der Waals surface area (Å²) in [5, 5.41) is 19.0. The second-order valence-electron chi connectivity index (χ2n) is 5.76. The molecule has 6 heteroatoms. The first kappa shape index (κ1) is 14.7. The van der Waals surface area contributed by atoms with Crippen molar-refractivity contribution in [2.75, 3.05) is 37.6 Å². The van der Waals surface area contributed by atoms with Crippen LogP contribution in [0, 0.1) is 0 Å². The molecular weight excluding hydrogens is 258 g/mol. The van der Waals surface area contributed by atoms with Gasteiger partial charge >= 0.3 is 5.97 Å². The fourth-order valence-corrected chi connectivity index (χ4v) is 2.48. The Morgan fingerprint density at radius 3 is 2.55 bits per heavy atom. The van der Waals surface area contributed by atoms with Gasteiger partial charge in [-0.3, -0.25) is 4.90 Å². The molecule has 2 N–H and O–H groups in total. The molecule has 1 aliphatic heterocycles. The van der Waals surface area contributed by atoms with Crippen LogP contribution in [0.25, 0.3) is 0 Å². The zero-order valence-electron chi connectivity index (χ0n) is 11.9. The Labute approximate surface area is 118 Å². The lowest BCUT2D eigenvalue weighted by Crippen LogP contribution is -2.51. The first-order valence-corrected chi connectivity index (χ1v) is 6.75. The number of aliphatic hydroxyl groups is 1. The highest BCUT2D eigenvalue weighted by Gasteiger charge is 2.25. The maximum absolute atomic E-state index is 11.2. The SMILES string of the molecule is CC(C)(O)CN1CCN(c2ncccc2C(=O)O)CC1. The van der Waals surface area contributed by atoms with E-state index >= 15 is 0 Å². The predicted molar refractivity (Wildman–Crippen MR) is 76.1 cm³/mol. The lowest BCUT2D eigenvalue weighted by molar-refractivity contribution is 0.0344. The van der Waals surface area contributed by atoms with Gasteiger partial charge in [-0.25, -0.2) is 9.78 Å². The van der Waals surface area contributed by atoms with E-state index in [0.29, 0.717) is 25.5 Å². The number of anilines is 1. The maximum atomic E-state index is 11.2. The molecule has 0 saturated carbocycles. The molecule has 2 rings (SSSR count). The maximum Gasteiger partial charge on any atom is 0.339 e. The number of carboxylic acids is 1. The molecule has 0 aliphatic carbocycles. The quantitative estimate of drug-likeness (QED) is 0.843. The molecule has 0 unspecified atom stereocenters. The van der Waals surface area contributed by atoms with Crippen molar-refractivity contribution in [2.45, 2.75) is 19.4 Å². The second kappa shape index (κ2) is 5.76. The average molecular weight is 279 g/mol. The van der Waals surface area contributed by atoms with E-state index < -0.39 is 11.6 Å². The molecule has 1 aromatic rings. The Balaban J connectivity index is 2.03. The fraction of sp³-hybridized carbons (Fsp3) is 0.571. The highest BCUT2D eigenvalue weighted by atomic mass is 16.4. The van der Waals surface area contributed by atoms with Crippen LogP contribution in [0.15, 0.2) is 18.3 Å². The summed E-state index contributed by atoms with van der Waals surface area (Å²) in [5.41, 5.74) is -0.470. The van der Waals surface area contributed by atoms with Gasteiger partial charge in [-0.1, -0.05) is 0 Å². The highest BCUT2D eigenvalue weighted by molar-refractivity contribution is 5.93. The third-order valence-corrected chi connectivity index (χ3v) is 3.30. The molecule has 0 atom stereocenters. The number of hydrogen-bond donors (Lipinski definition) is 2. The van der Waals surface area contributed by atoms with Crippen LogP contribution < -0.4 is 4.90 Å². The van der Waals surface area contributed by atoms with Crippen LogP contribution in [0.1, 0.15) is 24.2 Å². The summed E-state index contributed by atoms with van der Waals surface area (Å²) in [4.78, 5) is 19.6. The number of carboxylic acid groups (broad SMARTS) is 1. The monoisotopic (exact) mass is 279 g/mol. The van der Waals surface area contributed by atoms with E-state index in [1.54, 1.807) is 32.2 Å². The summed E-state index contributed by atoms with van der Waals surface area (Å²) in [6.45, 7) is 7.22. The molecule has 0 bridgehead atoms. The molecule has 0 aromatic carbocycles. The van der Waals surface area contributed by atoms with Crippen LogP contribution in [-0.2, 0) is 0 Å². The summed E-state index contributed by atoms with van der Waals surface area (Å²) < 4.78 is 0. The number of hydrogen-bond acceptors (Lipinski definition) is 5. The number of piperazine rings is 1. The van der Waals surface area contributed by atoms with Gasteiger partial charge in [0, 0.05) is 38.9 Å². The van der Waals surface area contributed by atoms with Crippen LogP contribution >= 0.6 is 0 Å². The summed E-state index contributed by atoms with van der Waals surface area (Å²) in [6.07, 6.45) is 1.62. The van der Waals surface area contributed by atoms with Crippen LogP contribution in [-0.4, -0.2) is 64.4 Å². The molecule has 2 heterocycles. The molecule has 6 nitrogen and oxygen atoms in total. The Bertz CT molecular complexity index is 477. The van der Waals surface area contributed by atoms with Gasteiger partial charge in [0.1, 0.15) is 11.4 Å². The highest BCUT2D eigenvalue weighted by Crippen LogP contribution is 2.19. The first-order valence-electron chi connectivity index (χ1n) is 6.75. The van der Waals surface area contributed by atoms with Crippen molar-refractivity contribution in [2.24, 2.45) is 0 Å². The average Bonchev–Trinajstić information content (AvgIpc) is 2.38. The smallest absolute Gasteiger partial charge is 0.339 e. The molecule has 1 saturated heterocycles. The van der Waals surface area contributed by atoms with E-state index in [1.165, 1.54) is 0 Å². The zero-order chi connectivity index (χ0) is 14.8. The van der Waals surface area contributed by atoms with Crippen molar-refractivity contribution >= 4 is 11.8 Å². The normalized spacial score (nSPS) is 17.2. The number of rotatable bonds is 4. The van der Waals surface area contributed by atoms with Crippen LogP contribution in [0.2, 0.25) is 0 Å². The van der Waals surface area contributed by atoms with Crippen molar-refractivity contribution in [1.82, 2.24) is 9.88 Å². The van der Waals surface area contributed by atoms with E-state index in [9.17, 15) is 15.0 Å². The van der Waals surface area contributed by atoms with Crippen LogP contribution in [0.4, 0.5) is 5.82 Å². The summed E-state index contributed by atoms with van der Waals surface area (Å²) >= 11 is 0. The van der Waals surface area contributed by atoms with Crippen molar-refractivity contribution in [3.63, 3.8) is 0 Å². The zero-order valence-corrected chi connectivity index (χ0v) is 11.9. The number of aromatic carboxylic acids is 1. The van der Waals surface area contributed by atoms with Gasteiger partial charge in [-0.15, -0.1) is 0 Å². The van der Waals surface area contributed by atoms with E-state index in [4.69, 9.17) is 0 Å². The van der Waals surface area contributed by atoms with Gasteiger partial charge in [0.2, 0.25) is 0 Å². The van der Waals surface area contributed by atoms with E-state index in [-0.39, 0.29) is 5.56 Å². The summed E-state index contributed by atoms with van der Waals surface area (Å²) in [6, 6.07) is 3.21. The molecule has 1 aromatic heterocycles. The van der Waals surface area contributed by atoms with Gasteiger partial charge in [0.05, 0.1) is 5.60 Å². The fourth-order valence-electron chi connectivity index (χ4n) is 2.48. The lowest BCUT2D eigenvalue weighted by atomic mass is 10.1. The predicted octanol–water partition coefficient (Wildman–Crippen LogP) is 0.673. The molecule has 110 valence electrons. The molecule has 1 aliphatic rings. The molecular formula is C14H21N3O3. The summed E-state index contributed by atoms with van der Waals surface area (Å²) in [7, 11) is 0. The van der Waals surface area contributed by atoms with E-state index in [2.05, 4.69) is 9.88 Å². The Morgan fingerprint density at radius 2 is 2.00 bits per heavy atom. The van der Waals surface area contributed by atoms with Crippen molar-refractivity contribution in [1.29, 1.82) is 0 Å². The second-order valence-corrected chi connectivity index (χ2v) is 5.76. The summed E-state index contributed by atoms with van der Waals surface area (Å²) in [5.74, 6) is -0.421. The number of β-amino-alcohol motifs (C(OH)–C–C–N with tert-alkyl or cyclic N) is 1.